The van der Waals surface area contributed by atoms with E-state index in [1.165, 1.54) is 57.2 Å². The van der Waals surface area contributed by atoms with Crippen LogP contribution in [-0.2, 0) is 0 Å². The van der Waals surface area contributed by atoms with Crippen LogP contribution >= 0.6 is 0 Å². The normalized spacial score (nSPS) is 27.9. The van der Waals surface area contributed by atoms with Crippen LogP contribution in [0.5, 0.6) is 0 Å². The van der Waals surface area contributed by atoms with E-state index < -0.39 is 0 Å². The number of nitrogens with zero attached hydrogens (tertiary/aromatic N) is 2. The number of benzene rings is 2. The number of allylic oxidation sites excluding steroid dienone is 11. The number of rotatable bonds is 3. The Bertz CT molecular complexity index is 1650. The van der Waals surface area contributed by atoms with Gasteiger partial charge in [-0.2, -0.15) is 0 Å². The van der Waals surface area contributed by atoms with Crippen LogP contribution < -0.4 is 0 Å². The summed E-state index contributed by atoms with van der Waals surface area (Å²) in [4.78, 5) is 2.80. The lowest BCUT2D eigenvalue weighted by molar-refractivity contribution is 0.242. The Labute approximate surface area is 225 Å². The van der Waals surface area contributed by atoms with Gasteiger partial charge in [-0.3, -0.25) is 0 Å². The van der Waals surface area contributed by atoms with Crippen molar-refractivity contribution in [2.24, 2.45) is 11.8 Å². The predicted molar refractivity (Wildman–Crippen MR) is 160 cm³/mol. The average Bonchev–Trinajstić information content (AvgIpc) is 3.50. The van der Waals surface area contributed by atoms with Crippen LogP contribution in [0.2, 0.25) is 0 Å². The summed E-state index contributed by atoms with van der Waals surface area (Å²) < 4.78 is 2.45. The van der Waals surface area contributed by atoms with Crippen molar-refractivity contribution in [2.45, 2.75) is 50.6 Å². The summed E-state index contributed by atoms with van der Waals surface area (Å²) in [6.07, 6.45) is 33.4. The molecule has 8 rings (SSSR count). The lowest BCUT2D eigenvalue weighted by Gasteiger charge is -2.36. The second kappa shape index (κ2) is 8.91. The Morgan fingerprint density at radius 1 is 0.763 bits per heavy atom. The smallest absolute Gasteiger partial charge is 0.0551 e. The molecule has 4 atom stereocenters. The molecule has 2 nitrogen and oxygen atoms in total. The Kier molecular flexibility index (Phi) is 5.21. The van der Waals surface area contributed by atoms with Crippen LogP contribution in [0, 0.1) is 11.8 Å². The highest BCUT2D eigenvalue weighted by Gasteiger charge is 2.47. The molecule has 2 aromatic carbocycles. The van der Waals surface area contributed by atoms with Crippen molar-refractivity contribution in [1.82, 2.24) is 9.47 Å². The topological polar surface area (TPSA) is 8.17 Å². The highest BCUT2D eigenvalue weighted by molar-refractivity contribution is 6.11. The summed E-state index contributed by atoms with van der Waals surface area (Å²) >= 11 is 0. The summed E-state index contributed by atoms with van der Waals surface area (Å²) in [6.45, 7) is 0. The van der Waals surface area contributed by atoms with Crippen LogP contribution in [0.15, 0.2) is 115 Å². The fourth-order valence-electron chi connectivity index (χ4n) is 7.67. The molecule has 38 heavy (non-hydrogen) atoms. The van der Waals surface area contributed by atoms with Crippen molar-refractivity contribution in [3.63, 3.8) is 0 Å². The van der Waals surface area contributed by atoms with Crippen molar-refractivity contribution < 1.29 is 0 Å². The van der Waals surface area contributed by atoms with Gasteiger partial charge in [0, 0.05) is 40.0 Å². The molecule has 1 aromatic heterocycles. The van der Waals surface area contributed by atoms with Gasteiger partial charge in [0.25, 0.3) is 0 Å². The largest absolute Gasteiger partial charge is 0.364 e. The fraction of sp³-hybridized carbons (Fsp3) is 0.278. The van der Waals surface area contributed by atoms with Gasteiger partial charge in [-0.25, -0.2) is 0 Å². The Hall–Kier alpha value is -3.78. The summed E-state index contributed by atoms with van der Waals surface area (Å²) in [6, 6.07) is 17.1. The molecular formula is C36H34N2. The van der Waals surface area contributed by atoms with Crippen molar-refractivity contribution >= 4 is 33.1 Å². The molecule has 2 heterocycles. The van der Waals surface area contributed by atoms with Crippen LogP contribution in [0.25, 0.3) is 33.1 Å². The van der Waals surface area contributed by atoms with Gasteiger partial charge in [-0.05, 0) is 80.0 Å². The third-order valence-corrected chi connectivity index (χ3v) is 9.36. The van der Waals surface area contributed by atoms with E-state index in [4.69, 9.17) is 0 Å². The van der Waals surface area contributed by atoms with Gasteiger partial charge in [-0.15, -0.1) is 0 Å². The van der Waals surface area contributed by atoms with E-state index >= 15 is 0 Å². The molecule has 2 unspecified atom stereocenters. The molecule has 5 aliphatic rings. The number of hydrogen-bond donors (Lipinski definition) is 0. The third-order valence-electron chi connectivity index (χ3n) is 9.36. The average molecular weight is 495 g/mol. The monoisotopic (exact) mass is 494 g/mol. The summed E-state index contributed by atoms with van der Waals surface area (Å²) in [5.41, 5.74) is 8.10. The van der Waals surface area contributed by atoms with E-state index in [1.807, 2.05) is 0 Å². The van der Waals surface area contributed by atoms with E-state index in [0.717, 1.165) is 25.7 Å². The molecular weight excluding hydrogens is 460 g/mol. The van der Waals surface area contributed by atoms with Crippen LogP contribution in [0.1, 0.15) is 44.1 Å². The Morgan fingerprint density at radius 2 is 1.71 bits per heavy atom. The first kappa shape index (κ1) is 22.2. The van der Waals surface area contributed by atoms with Crippen LogP contribution in [0.4, 0.5) is 0 Å². The van der Waals surface area contributed by atoms with Gasteiger partial charge < -0.3 is 9.47 Å². The fourth-order valence-corrected chi connectivity index (χ4v) is 7.67. The van der Waals surface area contributed by atoms with Crippen molar-refractivity contribution in [3.8, 4) is 0 Å². The predicted octanol–water partition coefficient (Wildman–Crippen LogP) is 8.81. The second-order valence-electron chi connectivity index (χ2n) is 11.4. The van der Waals surface area contributed by atoms with Gasteiger partial charge >= 0.3 is 0 Å². The highest BCUT2D eigenvalue weighted by atomic mass is 15.2. The molecule has 0 spiro atoms. The first-order chi connectivity index (χ1) is 18.9. The van der Waals surface area contributed by atoms with Gasteiger partial charge in [0.05, 0.1) is 17.1 Å². The number of likely N-dealkylation sites (tertiary alicyclic amines) is 1. The van der Waals surface area contributed by atoms with Crippen molar-refractivity contribution in [2.75, 3.05) is 0 Å². The number of hydrogen-bond acceptors (Lipinski definition) is 1. The molecule has 4 aliphatic carbocycles. The minimum Gasteiger partial charge on any atom is -0.364 e. The van der Waals surface area contributed by atoms with Crippen molar-refractivity contribution in [1.29, 1.82) is 0 Å². The minimum atomic E-state index is 0.431. The molecule has 1 fully saturated rings. The van der Waals surface area contributed by atoms with Gasteiger partial charge in [0.2, 0.25) is 0 Å². The zero-order valence-corrected chi connectivity index (χ0v) is 21.8. The molecule has 3 aromatic rings. The molecule has 2 heteroatoms. The minimum absolute atomic E-state index is 0.431. The van der Waals surface area contributed by atoms with E-state index in [-0.39, 0.29) is 0 Å². The van der Waals surface area contributed by atoms with Gasteiger partial charge in [0.15, 0.2) is 0 Å². The second-order valence-corrected chi connectivity index (χ2v) is 11.4. The quantitative estimate of drug-likeness (QED) is 0.330. The molecule has 0 bridgehead atoms. The molecule has 0 saturated carbocycles. The molecule has 0 amide bonds. The zero-order chi connectivity index (χ0) is 25.1. The molecule has 0 radical (unpaired) electrons. The first-order valence-electron chi connectivity index (χ1n) is 14.5. The Balaban J connectivity index is 1.24. The SMILES string of the molecule is C1=CCCC(N2C3C=C(c4ccc5c(c4)c4ccccc4n5C4=CCCC=C4)C=C[C@H]3[C@H]3C=CCCC32)=C1. The van der Waals surface area contributed by atoms with Crippen LogP contribution in [0.3, 0.4) is 0 Å². The zero-order valence-electron chi connectivity index (χ0n) is 21.8. The van der Waals surface area contributed by atoms with E-state index in [2.05, 4.69) is 119 Å². The lowest BCUT2D eigenvalue weighted by atomic mass is 9.79. The summed E-state index contributed by atoms with van der Waals surface area (Å²) in [7, 11) is 0. The maximum Gasteiger partial charge on any atom is 0.0551 e. The standard InChI is InChI=1S/C36H34N2/c1-3-11-27(12-4-1)37-34-18-10-8-16-30(34)32-23-25(20-22-35(32)37)26-19-21-31-29-15-7-9-17-33(29)38(36(31)24-26)28-13-5-2-6-14-28/h2-3,5,7-8,10-13,15-16,18-24,29,31,33,36H,1,4,6,9,14,17H2/t29-,31+,33?,36?/m1/s1. The van der Waals surface area contributed by atoms with Gasteiger partial charge in [0.1, 0.15) is 0 Å². The molecule has 188 valence electrons. The highest BCUT2D eigenvalue weighted by Crippen LogP contribution is 2.48. The lowest BCUT2D eigenvalue weighted by Crippen LogP contribution is -2.37. The van der Waals surface area contributed by atoms with E-state index in [9.17, 15) is 0 Å². The van der Waals surface area contributed by atoms with Gasteiger partial charge in [-0.1, -0.05) is 78.9 Å². The third kappa shape index (κ3) is 3.39. The maximum absolute atomic E-state index is 2.80. The molecule has 1 aliphatic heterocycles. The number of para-hydroxylation sites is 1. The summed E-state index contributed by atoms with van der Waals surface area (Å²) in [5, 5.41) is 2.68. The van der Waals surface area contributed by atoms with E-state index in [1.54, 1.807) is 0 Å². The number of aromatic nitrogens is 1. The van der Waals surface area contributed by atoms with E-state index in [0.29, 0.717) is 23.9 Å². The first-order valence-corrected chi connectivity index (χ1v) is 14.5. The maximum atomic E-state index is 2.80. The Morgan fingerprint density at radius 3 is 2.61 bits per heavy atom. The summed E-state index contributed by atoms with van der Waals surface area (Å²) in [5.74, 6) is 1.18. The molecule has 0 N–H and O–H groups in total. The number of fused-ring (bicyclic) bond motifs is 6. The molecule has 1 saturated heterocycles. The van der Waals surface area contributed by atoms with Crippen molar-refractivity contribution in [3.05, 3.63) is 121 Å². The van der Waals surface area contributed by atoms with Crippen LogP contribution in [-0.4, -0.2) is 21.6 Å².